The molecule has 0 aliphatic carbocycles. The maximum Gasteiger partial charge on any atom is 0.291 e. The molecule has 13 heteroatoms. The lowest BCUT2D eigenvalue weighted by molar-refractivity contribution is -0.753. The Morgan fingerprint density at radius 1 is 1.20 bits per heavy atom. The molecule has 2 heterocycles. The summed E-state index contributed by atoms with van der Waals surface area (Å²) < 4.78 is 38.6. The number of imidazole rings is 1. The van der Waals surface area contributed by atoms with Crippen LogP contribution in [0.5, 0.6) is 5.75 Å². The van der Waals surface area contributed by atoms with Crippen LogP contribution in [-0.4, -0.2) is 33.2 Å². The Morgan fingerprint density at radius 3 is 2.67 bits per heavy atom. The Bertz CT molecular complexity index is 1640. The van der Waals surface area contributed by atoms with Gasteiger partial charge in [-0.2, -0.15) is 14.3 Å². The average molecular weight is 569 g/mol. The summed E-state index contributed by atoms with van der Waals surface area (Å²) in [6.07, 6.45) is 5.33. The van der Waals surface area contributed by atoms with Gasteiger partial charge in [0.05, 0.1) is 66.9 Å². The molecule has 0 saturated carbocycles. The van der Waals surface area contributed by atoms with Crippen LogP contribution in [0.1, 0.15) is 33.0 Å². The second-order valence-electron chi connectivity index (χ2n) is 8.78. The number of methoxy groups -OCH3 is 1. The zero-order valence-electron chi connectivity index (χ0n) is 21.8. The molecule has 0 radical (unpaired) electrons. The number of nitrogens with one attached hydrogen (secondary N) is 2. The summed E-state index contributed by atoms with van der Waals surface area (Å²) >= 11 is 6.34. The zero-order valence-corrected chi connectivity index (χ0v) is 22.6. The van der Waals surface area contributed by atoms with Crippen LogP contribution >= 0.6 is 11.6 Å². The van der Waals surface area contributed by atoms with Crippen molar-refractivity contribution in [3.05, 3.63) is 82.5 Å². The van der Waals surface area contributed by atoms with E-state index in [0.29, 0.717) is 18.7 Å². The van der Waals surface area contributed by atoms with Gasteiger partial charge in [-0.1, -0.05) is 11.6 Å². The van der Waals surface area contributed by atoms with Crippen molar-refractivity contribution in [2.24, 2.45) is 14.1 Å². The predicted molar refractivity (Wildman–Crippen MR) is 142 cm³/mol. The number of nitrogens with zero attached hydrogens (tertiary/aromatic N) is 5. The summed E-state index contributed by atoms with van der Waals surface area (Å²) in [6, 6.07) is 9.13. The van der Waals surface area contributed by atoms with E-state index < -0.39 is 23.4 Å². The van der Waals surface area contributed by atoms with E-state index >= 15 is 0 Å². The largest absolute Gasteiger partial charge is 0.494 e. The lowest BCUT2D eigenvalue weighted by Crippen LogP contribution is -2.37. The van der Waals surface area contributed by atoms with Crippen molar-refractivity contribution in [1.82, 2.24) is 19.5 Å². The summed E-state index contributed by atoms with van der Waals surface area (Å²) in [5, 5.41) is 14.3. The van der Waals surface area contributed by atoms with Gasteiger partial charge < -0.3 is 19.9 Å². The van der Waals surface area contributed by atoms with Crippen molar-refractivity contribution in [3.63, 3.8) is 0 Å². The molecule has 2 N–H and O–H groups in total. The van der Waals surface area contributed by atoms with Crippen LogP contribution in [0.25, 0.3) is 11.3 Å². The lowest BCUT2D eigenvalue weighted by Gasteiger charge is -2.11. The van der Waals surface area contributed by atoms with Gasteiger partial charge in [-0.25, -0.2) is 9.37 Å². The molecule has 0 aliphatic heterocycles. The molecule has 2 amide bonds. The third-order valence-electron chi connectivity index (χ3n) is 6.18. The van der Waals surface area contributed by atoms with Crippen LogP contribution in [0.15, 0.2) is 48.9 Å². The summed E-state index contributed by atoms with van der Waals surface area (Å²) in [5.74, 6) is -3.59. The molecular formula is C27H25ClF2N7O3+. The van der Waals surface area contributed by atoms with Gasteiger partial charge in [0.1, 0.15) is 0 Å². The van der Waals surface area contributed by atoms with Crippen molar-refractivity contribution in [3.8, 4) is 23.1 Å². The number of carbonyl (C=O) groups excluding carboxylic acids is 2. The number of ether oxygens (including phenoxy) is 1. The molecule has 2 aromatic carbocycles. The first-order valence-corrected chi connectivity index (χ1v) is 12.4. The molecule has 0 atom stereocenters. The maximum atomic E-state index is 14.6. The highest BCUT2D eigenvalue weighted by Gasteiger charge is 2.22. The van der Waals surface area contributed by atoms with Crippen LogP contribution in [0.4, 0.5) is 14.5 Å². The van der Waals surface area contributed by atoms with Crippen LogP contribution < -0.4 is 20.1 Å². The van der Waals surface area contributed by atoms with Gasteiger partial charge in [-0.15, -0.1) is 4.68 Å². The summed E-state index contributed by atoms with van der Waals surface area (Å²) in [7, 11) is 4.57. The van der Waals surface area contributed by atoms with Gasteiger partial charge in [0.2, 0.25) is 5.82 Å². The maximum absolute atomic E-state index is 14.6. The number of benzene rings is 2. The number of rotatable bonds is 9. The third kappa shape index (κ3) is 5.79. The molecule has 0 bridgehead atoms. The van der Waals surface area contributed by atoms with Crippen molar-refractivity contribution < 1.29 is 27.8 Å². The fourth-order valence-corrected chi connectivity index (χ4v) is 4.37. The Balaban J connectivity index is 1.43. The minimum Gasteiger partial charge on any atom is -0.494 e. The van der Waals surface area contributed by atoms with Gasteiger partial charge in [-0.05, 0) is 30.3 Å². The van der Waals surface area contributed by atoms with Crippen LogP contribution in [0.3, 0.4) is 0 Å². The monoisotopic (exact) mass is 568 g/mol. The van der Waals surface area contributed by atoms with Crippen molar-refractivity contribution in [1.29, 1.82) is 5.26 Å². The normalized spacial score (nSPS) is 10.7. The van der Waals surface area contributed by atoms with E-state index in [1.165, 1.54) is 55.3 Å². The molecule has 40 heavy (non-hydrogen) atoms. The Morgan fingerprint density at radius 2 is 1.98 bits per heavy atom. The molecule has 0 fully saturated rings. The molecule has 0 unspecified atom stereocenters. The molecule has 0 saturated heterocycles. The number of carbonyl (C=O) groups is 2. The number of aryl methyl sites for hydroxylation is 2. The van der Waals surface area contributed by atoms with Crippen LogP contribution in [-0.2, 0) is 27.2 Å². The van der Waals surface area contributed by atoms with E-state index in [4.69, 9.17) is 21.6 Å². The quantitative estimate of drug-likeness (QED) is 0.298. The van der Waals surface area contributed by atoms with Gasteiger partial charge >= 0.3 is 0 Å². The number of aromatic nitrogens is 4. The number of hydrogen-bond donors (Lipinski definition) is 2. The smallest absolute Gasteiger partial charge is 0.291 e. The highest BCUT2D eigenvalue weighted by Crippen LogP contribution is 2.30. The van der Waals surface area contributed by atoms with E-state index in [-0.39, 0.29) is 40.0 Å². The Labute approximate surface area is 233 Å². The average Bonchev–Trinajstić information content (AvgIpc) is 3.49. The SMILES string of the molecule is COc1ccc(-c2cnc(C(=O)Nc3ccc(C(=O)NCc4cn(CCC#N)[n+](C)c4)c(Cl)c3)n2C)c(F)c1F. The van der Waals surface area contributed by atoms with E-state index in [1.807, 2.05) is 28.8 Å². The standard InChI is InChI=1S/C27H24ClF2N7O3/c1-35-14-16(15-37(35)10-4-9-31)12-33-26(38)18-6-5-17(11-20(18)28)34-27(39)25-32-13-21(36(25)2)19-7-8-22(40-3)24(30)23(19)29/h5-8,11,13-15H,4,10,12H2,1-3H3,(H-,33,34,38,39)/p+1. The van der Waals surface area contributed by atoms with Crippen molar-refractivity contribution >= 4 is 29.1 Å². The highest BCUT2D eigenvalue weighted by atomic mass is 35.5. The second kappa shape index (κ2) is 12.0. The fraction of sp³-hybridized carbons (Fsp3) is 0.222. The molecule has 2 aromatic heterocycles. The molecule has 0 aliphatic rings. The first-order valence-electron chi connectivity index (χ1n) is 12.0. The topological polar surface area (TPSA) is 118 Å². The molecule has 206 valence electrons. The van der Waals surface area contributed by atoms with E-state index in [0.717, 1.165) is 5.56 Å². The minimum absolute atomic E-state index is 0.0570. The zero-order chi connectivity index (χ0) is 29.0. The van der Waals surface area contributed by atoms with Crippen molar-refractivity contribution in [2.75, 3.05) is 12.4 Å². The highest BCUT2D eigenvalue weighted by molar-refractivity contribution is 6.34. The lowest BCUT2D eigenvalue weighted by atomic mass is 10.1. The van der Waals surface area contributed by atoms with E-state index in [2.05, 4.69) is 21.7 Å². The fourth-order valence-electron chi connectivity index (χ4n) is 4.11. The number of halogens is 3. The summed E-state index contributed by atoms with van der Waals surface area (Å²) in [5.41, 5.74) is 1.46. The Hall–Kier alpha value is -4.76. The second-order valence-corrected chi connectivity index (χ2v) is 9.19. The van der Waals surface area contributed by atoms with E-state index in [1.54, 1.807) is 0 Å². The molecular weight excluding hydrogens is 544 g/mol. The summed E-state index contributed by atoms with van der Waals surface area (Å²) in [6.45, 7) is 0.789. The van der Waals surface area contributed by atoms with Gasteiger partial charge in [0.15, 0.2) is 30.6 Å². The number of anilines is 1. The molecule has 0 spiro atoms. The number of amides is 2. The predicted octanol–water partition coefficient (Wildman–Crippen LogP) is 3.75. The first-order chi connectivity index (χ1) is 19.1. The van der Waals surface area contributed by atoms with E-state index in [9.17, 15) is 18.4 Å². The first kappa shape index (κ1) is 28.3. The van der Waals surface area contributed by atoms with Crippen molar-refractivity contribution in [2.45, 2.75) is 19.5 Å². The van der Waals surface area contributed by atoms with Gasteiger partial charge in [0.25, 0.3) is 11.8 Å². The van der Waals surface area contributed by atoms with Gasteiger partial charge in [-0.3, -0.25) is 9.59 Å². The molecule has 4 aromatic rings. The summed E-state index contributed by atoms with van der Waals surface area (Å²) in [4.78, 5) is 29.7. The van der Waals surface area contributed by atoms with Gasteiger partial charge in [0, 0.05) is 18.3 Å². The number of nitriles is 1. The molecule has 10 nitrogen and oxygen atoms in total. The Kier molecular flexibility index (Phi) is 8.45. The van der Waals surface area contributed by atoms with Crippen LogP contribution in [0, 0.1) is 23.0 Å². The molecule has 4 rings (SSSR count). The third-order valence-corrected chi connectivity index (χ3v) is 6.50. The minimum atomic E-state index is -1.14. The van der Waals surface area contributed by atoms with Crippen LogP contribution in [0.2, 0.25) is 5.02 Å². The number of hydrogen-bond acceptors (Lipinski definition) is 5.